The first-order valence-corrected chi connectivity index (χ1v) is 12.2. The van der Waals surface area contributed by atoms with Crippen molar-refractivity contribution in [2.24, 2.45) is 14.1 Å². The zero-order chi connectivity index (χ0) is 28.2. The number of methoxy groups -OCH3 is 1. The average molecular weight is 555 g/mol. The summed E-state index contributed by atoms with van der Waals surface area (Å²) in [5.41, 5.74) is 1.14. The molecule has 0 bridgehead atoms. The van der Waals surface area contributed by atoms with Gasteiger partial charge in [0.25, 0.3) is 0 Å². The van der Waals surface area contributed by atoms with Crippen LogP contribution in [0, 0.1) is 5.82 Å². The van der Waals surface area contributed by atoms with Gasteiger partial charge >= 0.3 is 6.18 Å². The second-order valence-corrected chi connectivity index (χ2v) is 9.44. The van der Waals surface area contributed by atoms with Crippen LogP contribution < -0.4 is 9.47 Å². The van der Waals surface area contributed by atoms with Crippen molar-refractivity contribution < 1.29 is 27.0 Å². The van der Waals surface area contributed by atoms with Gasteiger partial charge in [0.05, 0.1) is 24.6 Å². The predicted octanol–water partition coefficient (Wildman–Crippen LogP) is 4.84. The van der Waals surface area contributed by atoms with E-state index < -0.39 is 17.7 Å². The number of alkyl halides is 3. The second kappa shape index (κ2) is 9.54. The minimum atomic E-state index is -4.64. The molecule has 6 rings (SSSR count). The number of hydrogen-bond donors (Lipinski definition) is 0. The lowest BCUT2D eigenvalue weighted by atomic mass is 10.1. The molecule has 1 aliphatic rings. The number of nitrogens with zero attached hydrogens (tertiary/aromatic N) is 8. The van der Waals surface area contributed by atoms with Crippen LogP contribution in [0.25, 0.3) is 33.8 Å². The topological polar surface area (TPSA) is 106 Å². The number of ether oxygens (including phenoxy) is 2. The van der Waals surface area contributed by atoms with E-state index in [1.807, 2.05) is 0 Å². The predicted molar refractivity (Wildman–Crippen MR) is 134 cm³/mol. The molecule has 0 radical (unpaired) electrons. The molecule has 1 saturated carbocycles. The maximum atomic E-state index is 15.0. The Morgan fingerprint density at radius 1 is 1.05 bits per heavy atom. The molecule has 0 atom stereocenters. The van der Waals surface area contributed by atoms with Gasteiger partial charge in [-0.1, -0.05) is 6.07 Å². The van der Waals surface area contributed by atoms with Crippen molar-refractivity contribution in [3.05, 3.63) is 59.7 Å². The Bertz CT molecular complexity index is 1740. The third kappa shape index (κ3) is 4.58. The van der Waals surface area contributed by atoms with Gasteiger partial charge in [-0.05, 0) is 30.5 Å². The molecule has 1 fully saturated rings. The van der Waals surface area contributed by atoms with Crippen molar-refractivity contribution in [3.63, 3.8) is 0 Å². The van der Waals surface area contributed by atoms with Gasteiger partial charge in [-0.25, -0.2) is 24.3 Å². The van der Waals surface area contributed by atoms with Gasteiger partial charge in [-0.3, -0.25) is 4.68 Å². The standard InChI is InChI=1S/C26H22F4N8O2/c1-37-10-18(26(28,29)30)34-22(37)15-7-4-13(8-17(15)27)11-40-24-16-9-33-38(2)23(16)35-21(36-24)19-20(14-5-6-14)31-12-32-25(19)39-3/h4,7-10,12,14H,5-6,11H2,1-3H3. The minimum absolute atomic E-state index is 0.0653. The normalized spacial score (nSPS) is 13.7. The van der Waals surface area contributed by atoms with Crippen molar-refractivity contribution in [2.45, 2.75) is 31.5 Å². The lowest BCUT2D eigenvalue weighted by Crippen LogP contribution is -2.06. The number of rotatable bonds is 7. The van der Waals surface area contributed by atoms with E-state index in [2.05, 4.69) is 30.0 Å². The lowest BCUT2D eigenvalue weighted by molar-refractivity contribution is -0.140. The van der Waals surface area contributed by atoms with E-state index in [-0.39, 0.29) is 29.8 Å². The van der Waals surface area contributed by atoms with Gasteiger partial charge < -0.3 is 14.0 Å². The summed E-state index contributed by atoms with van der Waals surface area (Å²) in [4.78, 5) is 21.6. The van der Waals surface area contributed by atoms with E-state index >= 15 is 4.39 Å². The lowest BCUT2D eigenvalue weighted by Gasteiger charge is -2.13. The van der Waals surface area contributed by atoms with Gasteiger partial charge in [-0.2, -0.15) is 23.3 Å². The van der Waals surface area contributed by atoms with Gasteiger partial charge in [-0.15, -0.1) is 0 Å². The van der Waals surface area contributed by atoms with Crippen molar-refractivity contribution in [1.82, 2.24) is 39.3 Å². The Kier molecular flexibility index (Phi) is 6.11. The Balaban J connectivity index is 1.33. The molecule has 4 heterocycles. The van der Waals surface area contributed by atoms with E-state index in [0.29, 0.717) is 33.9 Å². The van der Waals surface area contributed by atoms with Gasteiger partial charge in [0.1, 0.15) is 35.5 Å². The molecule has 0 N–H and O–H groups in total. The maximum absolute atomic E-state index is 15.0. The minimum Gasteiger partial charge on any atom is -0.480 e. The van der Waals surface area contributed by atoms with Crippen LogP contribution in [-0.2, 0) is 26.9 Å². The van der Waals surface area contributed by atoms with E-state index in [0.717, 1.165) is 29.3 Å². The Labute approximate surface area is 224 Å². The van der Waals surface area contributed by atoms with Gasteiger partial charge in [0, 0.05) is 26.2 Å². The third-order valence-corrected chi connectivity index (χ3v) is 6.60. The molecule has 40 heavy (non-hydrogen) atoms. The summed E-state index contributed by atoms with van der Waals surface area (Å²) in [7, 11) is 4.62. The van der Waals surface area contributed by atoms with E-state index in [1.165, 1.54) is 32.6 Å². The van der Waals surface area contributed by atoms with Gasteiger partial charge in [0.2, 0.25) is 11.8 Å². The average Bonchev–Trinajstić information content (AvgIpc) is 3.60. The fourth-order valence-electron chi connectivity index (χ4n) is 4.47. The zero-order valence-corrected chi connectivity index (χ0v) is 21.6. The molecule has 0 unspecified atom stereocenters. The summed E-state index contributed by atoms with van der Waals surface area (Å²) in [5, 5.41) is 4.81. The molecule has 206 valence electrons. The fraction of sp³-hybridized carbons (Fsp3) is 0.308. The fourth-order valence-corrected chi connectivity index (χ4v) is 4.47. The first-order chi connectivity index (χ1) is 19.1. The van der Waals surface area contributed by atoms with E-state index in [9.17, 15) is 13.2 Å². The molecule has 10 nitrogen and oxygen atoms in total. The van der Waals surface area contributed by atoms with E-state index in [4.69, 9.17) is 9.47 Å². The third-order valence-electron chi connectivity index (χ3n) is 6.60. The highest BCUT2D eigenvalue weighted by molar-refractivity contribution is 5.83. The smallest absolute Gasteiger partial charge is 0.434 e. The monoisotopic (exact) mass is 554 g/mol. The van der Waals surface area contributed by atoms with Crippen LogP contribution in [0.15, 0.2) is 36.9 Å². The molecule has 1 aliphatic carbocycles. The number of hydrogen-bond acceptors (Lipinski definition) is 8. The molecule has 0 saturated heterocycles. The van der Waals surface area contributed by atoms with Crippen LogP contribution >= 0.6 is 0 Å². The molecule has 4 aromatic heterocycles. The van der Waals surface area contributed by atoms with Crippen LogP contribution in [0.4, 0.5) is 17.6 Å². The van der Waals surface area contributed by atoms with Crippen molar-refractivity contribution >= 4 is 11.0 Å². The Morgan fingerprint density at radius 3 is 2.52 bits per heavy atom. The van der Waals surface area contributed by atoms with Crippen molar-refractivity contribution in [2.75, 3.05) is 7.11 Å². The molecular formula is C26H22F4N8O2. The highest BCUT2D eigenvalue weighted by Gasteiger charge is 2.35. The summed E-state index contributed by atoms with van der Waals surface area (Å²) in [6.07, 6.45) is 1.17. The summed E-state index contributed by atoms with van der Waals surface area (Å²) >= 11 is 0. The number of fused-ring (bicyclic) bond motifs is 1. The molecule has 0 aliphatic heterocycles. The maximum Gasteiger partial charge on any atom is 0.434 e. The highest BCUT2D eigenvalue weighted by Crippen LogP contribution is 2.45. The first kappa shape index (κ1) is 25.6. The second-order valence-electron chi connectivity index (χ2n) is 9.44. The molecule has 0 spiro atoms. The first-order valence-electron chi connectivity index (χ1n) is 12.2. The van der Waals surface area contributed by atoms with Gasteiger partial charge in [0.15, 0.2) is 17.2 Å². The van der Waals surface area contributed by atoms with Crippen LogP contribution in [0.5, 0.6) is 11.8 Å². The summed E-state index contributed by atoms with van der Waals surface area (Å²) in [6.45, 7) is -0.0794. The van der Waals surface area contributed by atoms with Crippen LogP contribution in [0.1, 0.15) is 35.7 Å². The molecule has 1 aromatic carbocycles. The van der Waals surface area contributed by atoms with Crippen LogP contribution in [0.3, 0.4) is 0 Å². The van der Waals surface area contributed by atoms with E-state index in [1.54, 1.807) is 24.0 Å². The molecule has 0 amide bonds. The molecule has 5 aromatic rings. The quantitative estimate of drug-likeness (QED) is 0.263. The summed E-state index contributed by atoms with van der Waals surface area (Å²) in [6, 6.07) is 4.12. The van der Waals surface area contributed by atoms with Crippen molar-refractivity contribution in [3.8, 4) is 34.5 Å². The summed E-state index contributed by atoms with van der Waals surface area (Å²) in [5.74, 6) is 0.241. The van der Waals surface area contributed by atoms with Crippen LogP contribution in [0.2, 0.25) is 0 Å². The molecule has 14 heteroatoms. The number of benzene rings is 1. The number of aryl methyl sites for hydroxylation is 2. The zero-order valence-electron chi connectivity index (χ0n) is 21.6. The van der Waals surface area contributed by atoms with Crippen molar-refractivity contribution in [1.29, 1.82) is 0 Å². The SMILES string of the molecule is COc1ncnc(C2CC2)c1-c1nc(OCc2ccc(-c3nc(C(F)(F)F)cn3C)c(F)c2)c2cnn(C)c2n1. The number of imidazole rings is 1. The Hall–Kier alpha value is -4.62. The number of halogens is 4. The Morgan fingerprint density at radius 2 is 1.85 bits per heavy atom. The largest absolute Gasteiger partial charge is 0.480 e. The summed E-state index contributed by atoms with van der Waals surface area (Å²) < 4.78 is 68.5. The molecular weight excluding hydrogens is 532 g/mol. The highest BCUT2D eigenvalue weighted by atomic mass is 19.4. The van der Waals surface area contributed by atoms with Crippen LogP contribution in [-0.4, -0.2) is 46.4 Å². The number of aromatic nitrogens is 8.